The maximum atomic E-state index is 11.9. The number of benzene rings is 2. The lowest BCUT2D eigenvalue weighted by Crippen LogP contribution is -2.23. The molecule has 0 fully saturated rings. The van der Waals surface area contributed by atoms with Crippen molar-refractivity contribution in [1.29, 1.82) is 0 Å². The van der Waals surface area contributed by atoms with Crippen molar-refractivity contribution < 1.29 is 9.53 Å². The predicted molar refractivity (Wildman–Crippen MR) is 97.7 cm³/mol. The number of nitrogens with zero attached hydrogens (tertiary/aromatic N) is 1. The summed E-state index contributed by atoms with van der Waals surface area (Å²) in [4.78, 5) is 14.0. The molecule has 24 heavy (non-hydrogen) atoms. The fourth-order valence-corrected chi connectivity index (χ4v) is 2.39. The van der Waals surface area contributed by atoms with E-state index in [1.54, 1.807) is 7.05 Å². The van der Waals surface area contributed by atoms with E-state index in [1.165, 1.54) is 0 Å². The molecule has 0 aliphatic heterocycles. The zero-order valence-corrected chi connectivity index (χ0v) is 14.4. The molecule has 4 nitrogen and oxygen atoms in total. The molecule has 2 rings (SSSR count). The highest BCUT2D eigenvalue weighted by Crippen LogP contribution is 2.33. The van der Waals surface area contributed by atoms with Gasteiger partial charge in [0.2, 0.25) is 0 Å². The first-order valence-corrected chi connectivity index (χ1v) is 7.95. The van der Waals surface area contributed by atoms with E-state index in [0.717, 1.165) is 23.2 Å². The second-order valence-corrected chi connectivity index (χ2v) is 5.73. The maximum absolute atomic E-state index is 11.9. The van der Waals surface area contributed by atoms with E-state index in [4.69, 9.17) is 4.74 Å². The third-order valence-corrected chi connectivity index (χ3v) is 3.60. The highest BCUT2D eigenvalue weighted by Gasteiger charge is 2.22. The molecular weight excluding hydrogens is 300 g/mol. The summed E-state index contributed by atoms with van der Waals surface area (Å²) >= 11 is 0. The van der Waals surface area contributed by atoms with Gasteiger partial charge in [0.25, 0.3) is 0 Å². The number of rotatable bonds is 6. The average Bonchev–Trinajstić information content (AvgIpc) is 2.62. The van der Waals surface area contributed by atoms with Gasteiger partial charge in [-0.1, -0.05) is 66.7 Å². The van der Waals surface area contributed by atoms with Crippen molar-refractivity contribution in [2.75, 3.05) is 27.7 Å². The Morgan fingerprint density at radius 2 is 1.67 bits per heavy atom. The van der Waals surface area contributed by atoms with Crippen molar-refractivity contribution in [2.24, 2.45) is 0 Å². The molecule has 0 aliphatic rings. The van der Waals surface area contributed by atoms with Gasteiger partial charge >= 0.3 is 6.09 Å². The van der Waals surface area contributed by atoms with Crippen LogP contribution in [0, 0.1) is 0 Å². The third kappa shape index (κ3) is 4.96. The van der Waals surface area contributed by atoms with Gasteiger partial charge in [-0.3, -0.25) is 0 Å². The summed E-state index contributed by atoms with van der Waals surface area (Å²) in [5.74, 6) is 0. The Bertz CT molecular complexity index is 667. The molecule has 1 amide bonds. The summed E-state index contributed by atoms with van der Waals surface area (Å²) in [6.07, 6.45) is 1.19. The zero-order chi connectivity index (χ0) is 17.4. The molecule has 1 atom stereocenters. The summed E-state index contributed by atoms with van der Waals surface area (Å²) in [5, 5.41) is 2.54. The summed E-state index contributed by atoms with van der Waals surface area (Å²) < 4.78 is 5.70. The first-order valence-electron chi connectivity index (χ1n) is 7.95. The third-order valence-electron chi connectivity index (χ3n) is 3.60. The number of nitrogens with one attached hydrogen (secondary N) is 1. The van der Waals surface area contributed by atoms with Gasteiger partial charge in [0.15, 0.2) is 6.10 Å². The molecule has 1 unspecified atom stereocenters. The monoisotopic (exact) mass is 324 g/mol. The standard InChI is InChI=1S/C20H24N2O2/c1-21-20(23)24-19(17-12-8-5-9-13-17)18(14-15-22(2)3)16-10-6-4-7-11-16/h4-14,19H,15H2,1-3H3,(H,21,23)/b18-14+. The molecule has 0 aliphatic carbocycles. The number of ether oxygens (including phenoxy) is 1. The van der Waals surface area contributed by atoms with Crippen LogP contribution in [-0.4, -0.2) is 38.7 Å². The smallest absolute Gasteiger partial charge is 0.407 e. The Balaban J connectivity index is 2.47. The van der Waals surface area contributed by atoms with Crippen LogP contribution in [0.4, 0.5) is 4.79 Å². The van der Waals surface area contributed by atoms with E-state index in [9.17, 15) is 4.79 Å². The normalized spacial score (nSPS) is 12.8. The van der Waals surface area contributed by atoms with Crippen LogP contribution < -0.4 is 5.32 Å². The zero-order valence-electron chi connectivity index (χ0n) is 14.4. The summed E-state index contributed by atoms with van der Waals surface area (Å²) in [6, 6.07) is 19.8. The Hall–Kier alpha value is -2.59. The molecule has 2 aromatic carbocycles. The Morgan fingerprint density at radius 1 is 1.08 bits per heavy atom. The van der Waals surface area contributed by atoms with E-state index in [-0.39, 0.29) is 0 Å². The van der Waals surface area contributed by atoms with Gasteiger partial charge in [-0.2, -0.15) is 0 Å². The fourth-order valence-electron chi connectivity index (χ4n) is 2.39. The number of hydrogen-bond acceptors (Lipinski definition) is 3. The van der Waals surface area contributed by atoms with Gasteiger partial charge in [0.05, 0.1) is 0 Å². The number of carbonyl (C=O) groups is 1. The van der Waals surface area contributed by atoms with Crippen LogP contribution in [-0.2, 0) is 4.74 Å². The topological polar surface area (TPSA) is 41.6 Å². The first-order chi connectivity index (χ1) is 11.6. The molecule has 2 aromatic rings. The van der Waals surface area contributed by atoms with Crippen LogP contribution in [0.2, 0.25) is 0 Å². The van der Waals surface area contributed by atoms with E-state index in [2.05, 4.69) is 16.3 Å². The molecule has 0 radical (unpaired) electrons. The molecule has 0 aromatic heterocycles. The van der Waals surface area contributed by atoms with Gasteiger partial charge in [-0.05, 0) is 25.2 Å². The Labute approximate surface area is 143 Å². The van der Waals surface area contributed by atoms with Crippen LogP contribution in [0.1, 0.15) is 17.2 Å². The van der Waals surface area contributed by atoms with Crippen LogP contribution in [0.25, 0.3) is 5.57 Å². The average molecular weight is 324 g/mol. The lowest BCUT2D eigenvalue weighted by Gasteiger charge is -2.22. The molecule has 126 valence electrons. The summed E-state index contributed by atoms with van der Waals surface area (Å²) in [5.41, 5.74) is 2.95. The minimum Gasteiger partial charge on any atom is -0.436 e. The van der Waals surface area contributed by atoms with Crippen molar-refractivity contribution in [1.82, 2.24) is 10.2 Å². The lowest BCUT2D eigenvalue weighted by molar-refractivity contribution is 0.126. The van der Waals surface area contributed by atoms with E-state index >= 15 is 0 Å². The first kappa shape index (κ1) is 17.8. The Morgan fingerprint density at radius 3 is 2.21 bits per heavy atom. The number of hydrogen-bond donors (Lipinski definition) is 1. The molecule has 0 saturated heterocycles. The minimum absolute atomic E-state index is 0.449. The molecule has 0 saturated carbocycles. The van der Waals surface area contributed by atoms with E-state index < -0.39 is 12.2 Å². The molecular formula is C20H24N2O2. The quantitative estimate of drug-likeness (QED) is 0.880. The summed E-state index contributed by atoms with van der Waals surface area (Å²) in [7, 11) is 5.59. The number of likely N-dealkylation sites (N-methyl/N-ethyl adjacent to an activating group) is 1. The highest BCUT2D eigenvalue weighted by atomic mass is 16.6. The minimum atomic E-state index is -0.464. The van der Waals surface area contributed by atoms with Crippen molar-refractivity contribution in [3.8, 4) is 0 Å². The number of alkyl carbamates (subject to hydrolysis) is 1. The van der Waals surface area contributed by atoms with Gasteiger partial charge in [-0.15, -0.1) is 0 Å². The molecule has 0 spiro atoms. The van der Waals surface area contributed by atoms with Crippen LogP contribution in [0.5, 0.6) is 0 Å². The second kappa shape index (κ2) is 8.89. The van der Waals surface area contributed by atoms with Crippen molar-refractivity contribution in [3.63, 3.8) is 0 Å². The van der Waals surface area contributed by atoms with Gasteiger partial charge < -0.3 is 15.0 Å². The lowest BCUT2D eigenvalue weighted by atomic mass is 9.94. The van der Waals surface area contributed by atoms with Crippen molar-refractivity contribution in [3.05, 3.63) is 77.9 Å². The SMILES string of the molecule is CNC(=O)OC(/C(=C/CN(C)C)c1ccccc1)c1ccccc1. The molecule has 0 bridgehead atoms. The fraction of sp³-hybridized carbons (Fsp3) is 0.250. The predicted octanol–water partition coefficient (Wildman–Crippen LogP) is 3.73. The largest absolute Gasteiger partial charge is 0.436 e. The van der Waals surface area contributed by atoms with Crippen molar-refractivity contribution >= 4 is 11.7 Å². The Kier molecular flexibility index (Phi) is 6.58. The summed E-state index contributed by atoms with van der Waals surface area (Å²) in [6.45, 7) is 0.755. The maximum Gasteiger partial charge on any atom is 0.407 e. The van der Waals surface area contributed by atoms with E-state index in [1.807, 2.05) is 74.8 Å². The number of amides is 1. The molecule has 1 N–H and O–H groups in total. The van der Waals surface area contributed by atoms with Gasteiger partial charge in [-0.25, -0.2) is 4.79 Å². The van der Waals surface area contributed by atoms with Gasteiger partial charge in [0.1, 0.15) is 0 Å². The van der Waals surface area contributed by atoms with Crippen LogP contribution in [0.3, 0.4) is 0 Å². The van der Waals surface area contributed by atoms with Crippen LogP contribution >= 0.6 is 0 Å². The number of carbonyl (C=O) groups excluding carboxylic acids is 1. The van der Waals surface area contributed by atoms with E-state index in [0.29, 0.717) is 0 Å². The highest BCUT2D eigenvalue weighted by molar-refractivity contribution is 5.75. The van der Waals surface area contributed by atoms with Gasteiger partial charge in [0, 0.05) is 19.2 Å². The second-order valence-electron chi connectivity index (χ2n) is 5.73. The molecule has 0 heterocycles. The molecule has 4 heteroatoms. The van der Waals surface area contributed by atoms with Crippen LogP contribution in [0.15, 0.2) is 66.7 Å². The van der Waals surface area contributed by atoms with Crippen molar-refractivity contribution in [2.45, 2.75) is 6.10 Å².